The van der Waals surface area contributed by atoms with E-state index < -0.39 is 0 Å². The van der Waals surface area contributed by atoms with E-state index in [4.69, 9.17) is 5.11 Å². The van der Waals surface area contributed by atoms with Gasteiger partial charge in [-0.1, -0.05) is 24.3 Å². The van der Waals surface area contributed by atoms with Gasteiger partial charge in [-0.25, -0.2) is 0 Å². The normalized spacial score (nSPS) is 13.4. The maximum Gasteiger partial charge on any atom is 0.251 e. The molecule has 0 spiro atoms. The first-order valence-corrected chi connectivity index (χ1v) is 8.08. The molecule has 0 radical (unpaired) electrons. The fraction of sp³-hybridized carbons (Fsp3) is 0.263. The Balaban J connectivity index is 1.73. The van der Waals surface area contributed by atoms with Gasteiger partial charge in [-0.05, 0) is 48.2 Å². The Kier molecular flexibility index (Phi) is 4.91. The zero-order valence-corrected chi connectivity index (χ0v) is 13.3. The highest BCUT2D eigenvalue weighted by Crippen LogP contribution is 2.22. The predicted molar refractivity (Wildman–Crippen MR) is 91.8 cm³/mol. The first-order chi connectivity index (χ1) is 11.7. The molecular formula is C19H20N2O3. The SMILES string of the molecule is O=C(NCCO)c1cccc(-c2ccc(C(=O)NC3CC3)cc2)c1. The highest BCUT2D eigenvalue weighted by atomic mass is 16.3. The molecule has 3 rings (SSSR count). The van der Waals surface area contributed by atoms with Crippen LogP contribution < -0.4 is 10.6 Å². The summed E-state index contributed by atoms with van der Waals surface area (Å²) in [5.41, 5.74) is 3.02. The zero-order valence-electron chi connectivity index (χ0n) is 13.3. The molecule has 0 bridgehead atoms. The van der Waals surface area contributed by atoms with Gasteiger partial charge in [-0.2, -0.15) is 0 Å². The van der Waals surface area contributed by atoms with Crippen LogP contribution in [-0.2, 0) is 0 Å². The summed E-state index contributed by atoms with van der Waals surface area (Å²) < 4.78 is 0. The van der Waals surface area contributed by atoms with Gasteiger partial charge in [0.25, 0.3) is 11.8 Å². The van der Waals surface area contributed by atoms with Gasteiger partial charge >= 0.3 is 0 Å². The van der Waals surface area contributed by atoms with Crippen molar-refractivity contribution in [3.63, 3.8) is 0 Å². The van der Waals surface area contributed by atoms with E-state index in [1.54, 1.807) is 24.3 Å². The Morgan fingerprint density at radius 3 is 2.38 bits per heavy atom. The van der Waals surface area contributed by atoms with Gasteiger partial charge in [0.1, 0.15) is 0 Å². The van der Waals surface area contributed by atoms with Gasteiger partial charge in [0.05, 0.1) is 6.61 Å². The summed E-state index contributed by atoms with van der Waals surface area (Å²) in [5.74, 6) is -0.257. The minimum atomic E-state index is -0.216. The van der Waals surface area contributed by atoms with Crippen LogP contribution in [0.2, 0.25) is 0 Å². The second-order valence-electron chi connectivity index (χ2n) is 5.89. The van der Waals surface area contributed by atoms with E-state index in [9.17, 15) is 9.59 Å². The van der Waals surface area contributed by atoms with Crippen LogP contribution in [0.25, 0.3) is 11.1 Å². The standard InChI is InChI=1S/C19H20N2O3/c22-11-10-20-18(23)16-3-1-2-15(12-16)13-4-6-14(7-5-13)19(24)21-17-8-9-17/h1-7,12,17,22H,8-11H2,(H,20,23)(H,21,24). The van der Waals surface area contributed by atoms with Crippen LogP contribution in [0.1, 0.15) is 33.6 Å². The lowest BCUT2D eigenvalue weighted by molar-refractivity contribution is 0.0939. The lowest BCUT2D eigenvalue weighted by atomic mass is 10.0. The molecule has 0 atom stereocenters. The van der Waals surface area contributed by atoms with Crippen LogP contribution in [0, 0.1) is 0 Å². The number of carbonyl (C=O) groups is 2. The Morgan fingerprint density at radius 1 is 0.958 bits per heavy atom. The molecule has 2 aromatic carbocycles. The highest BCUT2D eigenvalue weighted by Gasteiger charge is 2.23. The number of hydrogen-bond acceptors (Lipinski definition) is 3. The summed E-state index contributed by atoms with van der Waals surface area (Å²) in [7, 11) is 0. The quantitative estimate of drug-likeness (QED) is 0.760. The molecule has 0 saturated heterocycles. The third-order valence-corrected chi connectivity index (χ3v) is 3.92. The van der Waals surface area contributed by atoms with Gasteiger partial charge < -0.3 is 15.7 Å². The van der Waals surface area contributed by atoms with Crippen molar-refractivity contribution in [3.05, 3.63) is 59.7 Å². The molecule has 5 heteroatoms. The van der Waals surface area contributed by atoms with Crippen molar-refractivity contribution in [1.29, 1.82) is 0 Å². The topological polar surface area (TPSA) is 78.4 Å². The molecule has 124 valence electrons. The largest absolute Gasteiger partial charge is 0.395 e. The monoisotopic (exact) mass is 324 g/mol. The number of amides is 2. The van der Waals surface area contributed by atoms with E-state index in [2.05, 4.69) is 10.6 Å². The molecule has 2 aromatic rings. The van der Waals surface area contributed by atoms with Crippen molar-refractivity contribution in [1.82, 2.24) is 10.6 Å². The van der Waals surface area contributed by atoms with E-state index in [1.165, 1.54) is 0 Å². The average molecular weight is 324 g/mol. The van der Waals surface area contributed by atoms with E-state index >= 15 is 0 Å². The summed E-state index contributed by atoms with van der Waals surface area (Å²) >= 11 is 0. The van der Waals surface area contributed by atoms with Crippen molar-refractivity contribution >= 4 is 11.8 Å². The number of rotatable bonds is 6. The number of hydrogen-bond donors (Lipinski definition) is 3. The second-order valence-corrected chi connectivity index (χ2v) is 5.89. The maximum absolute atomic E-state index is 12.0. The Morgan fingerprint density at radius 2 is 1.71 bits per heavy atom. The van der Waals surface area contributed by atoms with Gasteiger partial charge in [0.2, 0.25) is 0 Å². The summed E-state index contributed by atoms with van der Waals surface area (Å²) in [6.45, 7) is 0.143. The van der Waals surface area contributed by atoms with Crippen molar-refractivity contribution < 1.29 is 14.7 Å². The number of nitrogens with one attached hydrogen (secondary N) is 2. The van der Waals surface area contributed by atoms with Crippen LogP contribution in [0.5, 0.6) is 0 Å². The summed E-state index contributed by atoms with van der Waals surface area (Å²) in [6, 6.07) is 15.0. The molecule has 1 aliphatic carbocycles. The van der Waals surface area contributed by atoms with Crippen LogP contribution in [0.3, 0.4) is 0 Å². The van der Waals surface area contributed by atoms with Crippen molar-refractivity contribution in [2.24, 2.45) is 0 Å². The Bertz CT molecular complexity index is 737. The van der Waals surface area contributed by atoms with Gasteiger partial charge in [-0.3, -0.25) is 9.59 Å². The average Bonchev–Trinajstić information content (AvgIpc) is 3.44. The molecule has 5 nitrogen and oxygen atoms in total. The van der Waals surface area contributed by atoms with E-state index in [-0.39, 0.29) is 25.0 Å². The van der Waals surface area contributed by atoms with Crippen molar-refractivity contribution in [2.45, 2.75) is 18.9 Å². The molecule has 0 heterocycles. The molecule has 0 aromatic heterocycles. The zero-order chi connectivity index (χ0) is 16.9. The first kappa shape index (κ1) is 16.2. The minimum absolute atomic E-state index is 0.0406. The molecule has 1 saturated carbocycles. The van der Waals surface area contributed by atoms with Crippen LogP contribution in [0.15, 0.2) is 48.5 Å². The smallest absolute Gasteiger partial charge is 0.251 e. The maximum atomic E-state index is 12.0. The van der Waals surface area contributed by atoms with Crippen molar-refractivity contribution in [2.75, 3.05) is 13.2 Å². The summed E-state index contributed by atoms with van der Waals surface area (Å²) in [6.07, 6.45) is 2.13. The molecule has 1 aliphatic rings. The Labute approximate surface area is 140 Å². The summed E-state index contributed by atoms with van der Waals surface area (Å²) in [5, 5.41) is 14.4. The lowest BCUT2D eigenvalue weighted by Gasteiger charge is -2.08. The minimum Gasteiger partial charge on any atom is -0.395 e. The fourth-order valence-electron chi connectivity index (χ4n) is 2.42. The second kappa shape index (κ2) is 7.27. The van der Waals surface area contributed by atoms with E-state index in [1.807, 2.05) is 24.3 Å². The van der Waals surface area contributed by atoms with Gasteiger partial charge in [0, 0.05) is 23.7 Å². The van der Waals surface area contributed by atoms with E-state index in [0.29, 0.717) is 17.2 Å². The highest BCUT2D eigenvalue weighted by molar-refractivity contribution is 5.96. The molecule has 0 unspecified atom stereocenters. The molecule has 2 amide bonds. The fourth-order valence-corrected chi connectivity index (χ4v) is 2.42. The molecule has 24 heavy (non-hydrogen) atoms. The van der Waals surface area contributed by atoms with Crippen LogP contribution >= 0.6 is 0 Å². The molecule has 0 aliphatic heterocycles. The molecular weight excluding hydrogens is 304 g/mol. The van der Waals surface area contributed by atoms with Gasteiger partial charge in [-0.15, -0.1) is 0 Å². The van der Waals surface area contributed by atoms with Crippen molar-refractivity contribution in [3.8, 4) is 11.1 Å². The number of aliphatic hydroxyl groups is 1. The molecule has 1 fully saturated rings. The number of carbonyl (C=O) groups excluding carboxylic acids is 2. The third-order valence-electron chi connectivity index (χ3n) is 3.92. The molecule has 3 N–H and O–H groups in total. The third kappa shape index (κ3) is 4.00. The summed E-state index contributed by atoms with van der Waals surface area (Å²) in [4.78, 5) is 24.0. The van der Waals surface area contributed by atoms with Gasteiger partial charge in [0.15, 0.2) is 0 Å². The lowest BCUT2D eigenvalue weighted by Crippen LogP contribution is -2.26. The number of aliphatic hydroxyl groups excluding tert-OH is 1. The van der Waals surface area contributed by atoms with Crippen LogP contribution in [-0.4, -0.2) is 36.1 Å². The van der Waals surface area contributed by atoms with E-state index in [0.717, 1.165) is 24.0 Å². The number of benzene rings is 2. The Hall–Kier alpha value is -2.66. The predicted octanol–water partition coefficient (Wildman–Crippen LogP) is 1.97. The first-order valence-electron chi connectivity index (χ1n) is 8.08. The van der Waals surface area contributed by atoms with Crippen LogP contribution in [0.4, 0.5) is 0 Å².